The maximum absolute atomic E-state index is 11.7. The van der Waals surface area contributed by atoms with Gasteiger partial charge in [-0.2, -0.15) is 0 Å². The second kappa shape index (κ2) is 7.32. The number of hydrogen-bond acceptors (Lipinski definition) is 6. The van der Waals surface area contributed by atoms with Gasteiger partial charge in [-0.25, -0.2) is 9.78 Å². The molecular formula is C10H12Cl2N2O5. The van der Waals surface area contributed by atoms with Crippen molar-refractivity contribution in [2.75, 3.05) is 20.3 Å². The number of imidazole rings is 1. The third-order valence-electron chi connectivity index (χ3n) is 1.97. The zero-order chi connectivity index (χ0) is 14.4. The van der Waals surface area contributed by atoms with Gasteiger partial charge in [0.15, 0.2) is 17.0 Å². The molecule has 0 saturated carbocycles. The summed E-state index contributed by atoms with van der Waals surface area (Å²) in [5.74, 6) is -1.41. The first-order chi connectivity index (χ1) is 8.97. The molecule has 19 heavy (non-hydrogen) atoms. The molecule has 0 radical (unpaired) electrons. The molecule has 0 aliphatic heterocycles. The first-order valence-electron chi connectivity index (χ1n) is 5.18. The highest BCUT2D eigenvalue weighted by Gasteiger charge is 2.22. The van der Waals surface area contributed by atoms with Crippen LogP contribution in [-0.2, 0) is 25.7 Å². The Morgan fingerprint density at radius 3 is 2.53 bits per heavy atom. The summed E-state index contributed by atoms with van der Waals surface area (Å²) in [6, 6.07) is 0. The second-order valence-corrected chi connectivity index (χ2v) is 4.05. The van der Waals surface area contributed by atoms with E-state index in [2.05, 4.69) is 4.98 Å². The lowest BCUT2D eigenvalue weighted by atomic mass is 10.6. The van der Waals surface area contributed by atoms with Crippen molar-refractivity contribution in [3.63, 3.8) is 0 Å². The van der Waals surface area contributed by atoms with Gasteiger partial charge in [-0.05, 0) is 0 Å². The summed E-state index contributed by atoms with van der Waals surface area (Å²) in [5, 5.41) is -0.0888. The second-order valence-electron chi connectivity index (χ2n) is 3.34. The van der Waals surface area contributed by atoms with Crippen molar-refractivity contribution in [3.05, 3.63) is 16.1 Å². The molecule has 1 aromatic rings. The highest BCUT2D eigenvalue weighted by molar-refractivity contribution is 6.40. The summed E-state index contributed by atoms with van der Waals surface area (Å²) in [4.78, 5) is 26.3. The van der Waals surface area contributed by atoms with E-state index in [0.717, 1.165) is 4.57 Å². The molecule has 9 heteroatoms. The molecule has 1 heterocycles. The molecule has 7 nitrogen and oxygen atoms in total. The van der Waals surface area contributed by atoms with Crippen LogP contribution >= 0.6 is 23.2 Å². The van der Waals surface area contributed by atoms with E-state index in [1.165, 1.54) is 14.0 Å². The number of rotatable bonds is 6. The summed E-state index contributed by atoms with van der Waals surface area (Å²) in [5.41, 5.74) is 0. The van der Waals surface area contributed by atoms with Gasteiger partial charge in [0.05, 0.1) is 6.61 Å². The Morgan fingerprint density at radius 1 is 1.26 bits per heavy atom. The normalized spacial score (nSPS) is 10.3. The molecule has 0 aliphatic rings. The smallest absolute Gasteiger partial charge is 0.374 e. The van der Waals surface area contributed by atoms with E-state index in [1.54, 1.807) is 0 Å². The molecule has 0 amide bonds. The Kier molecular flexibility index (Phi) is 6.07. The molecule has 0 atom stereocenters. The largest absolute Gasteiger partial charge is 0.457 e. The van der Waals surface area contributed by atoms with Crippen LogP contribution in [-0.4, -0.2) is 41.8 Å². The molecule has 0 bridgehead atoms. The van der Waals surface area contributed by atoms with Crippen molar-refractivity contribution in [1.29, 1.82) is 0 Å². The maximum Gasteiger partial charge on any atom is 0.374 e. The number of carbonyl (C=O) groups excluding carboxylic acids is 2. The molecule has 0 aromatic carbocycles. The number of esters is 2. The number of nitrogens with zero attached hydrogens (tertiary/aromatic N) is 2. The van der Waals surface area contributed by atoms with Gasteiger partial charge >= 0.3 is 11.9 Å². The fourth-order valence-corrected chi connectivity index (χ4v) is 1.47. The lowest BCUT2D eigenvalue weighted by molar-refractivity contribution is -0.144. The first-order valence-corrected chi connectivity index (χ1v) is 5.94. The van der Waals surface area contributed by atoms with E-state index in [4.69, 9.17) is 37.4 Å². The van der Waals surface area contributed by atoms with Crippen LogP contribution < -0.4 is 0 Å². The SMILES string of the molecule is COCCOC(=O)c1nc(Cl)c(Cl)n1COC(C)=O. The maximum atomic E-state index is 11.7. The number of ether oxygens (including phenoxy) is 3. The summed E-state index contributed by atoms with van der Waals surface area (Å²) in [6.45, 7) is 1.26. The predicted octanol–water partition coefficient (Wildman–Crippen LogP) is 1.51. The van der Waals surface area contributed by atoms with Gasteiger partial charge in [0, 0.05) is 14.0 Å². The van der Waals surface area contributed by atoms with E-state index in [-0.39, 0.29) is 36.1 Å². The molecule has 0 spiro atoms. The lowest BCUT2D eigenvalue weighted by Gasteiger charge is -2.08. The Balaban J connectivity index is 2.83. The van der Waals surface area contributed by atoms with Crippen LogP contribution in [0.25, 0.3) is 0 Å². The highest BCUT2D eigenvalue weighted by Crippen LogP contribution is 2.23. The van der Waals surface area contributed by atoms with Crippen LogP contribution in [0.15, 0.2) is 0 Å². The van der Waals surface area contributed by atoms with Crippen molar-refractivity contribution < 1.29 is 23.8 Å². The quantitative estimate of drug-likeness (QED) is 0.585. The molecule has 1 rings (SSSR count). The van der Waals surface area contributed by atoms with Gasteiger partial charge in [0.2, 0.25) is 5.82 Å². The molecule has 106 valence electrons. The topological polar surface area (TPSA) is 79.7 Å². The van der Waals surface area contributed by atoms with Crippen LogP contribution in [0.4, 0.5) is 0 Å². The Bertz CT molecular complexity index is 475. The van der Waals surface area contributed by atoms with E-state index in [0.29, 0.717) is 0 Å². The minimum atomic E-state index is -0.738. The molecular weight excluding hydrogens is 299 g/mol. The van der Waals surface area contributed by atoms with Crippen LogP contribution in [0.3, 0.4) is 0 Å². The molecule has 0 unspecified atom stereocenters. The van der Waals surface area contributed by atoms with E-state index in [1.807, 2.05) is 0 Å². The van der Waals surface area contributed by atoms with Gasteiger partial charge in [-0.15, -0.1) is 0 Å². The Morgan fingerprint density at radius 2 is 1.95 bits per heavy atom. The van der Waals surface area contributed by atoms with Gasteiger partial charge in [0.25, 0.3) is 0 Å². The molecule has 0 aliphatic carbocycles. The number of carbonyl (C=O) groups is 2. The monoisotopic (exact) mass is 310 g/mol. The zero-order valence-electron chi connectivity index (χ0n) is 10.3. The summed E-state index contributed by atoms with van der Waals surface area (Å²) < 4.78 is 15.5. The molecule has 0 N–H and O–H groups in total. The first kappa shape index (κ1) is 15.7. The van der Waals surface area contributed by atoms with Crippen molar-refractivity contribution in [2.24, 2.45) is 0 Å². The number of halogens is 2. The van der Waals surface area contributed by atoms with Crippen LogP contribution in [0.1, 0.15) is 17.5 Å². The number of hydrogen-bond donors (Lipinski definition) is 0. The summed E-state index contributed by atoms with van der Waals surface area (Å²) >= 11 is 11.6. The third-order valence-corrected chi connectivity index (χ3v) is 2.71. The zero-order valence-corrected chi connectivity index (χ0v) is 11.8. The predicted molar refractivity (Wildman–Crippen MR) is 66.2 cm³/mol. The van der Waals surface area contributed by atoms with Crippen LogP contribution in [0.2, 0.25) is 10.3 Å². The summed E-state index contributed by atoms with van der Waals surface area (Å²) in [7, 11) is 1.48. The van der Waals surface area contributed by atoms with Crippen molar-refractivity contribution in [1.82, 2.24) is 9.55 Å². The lowest BCUT2D eigenvalue weighted by Crippen LogP contribution is -2.17. The van der Waals surface area contributed by atoms with Gasteiger partial charge in [0.1, 0.15) is 6.61 Å². The summed E-state index contributed by atoms with van der Waals surface area (Å²) in [6.07, 6.45) is 0. The van der Waals surface area contributed by atoms with Gasteiger partial charge < -0.3 is 14.2 Å². The highest BCUT2D eigenvalue weighted by atomic mass is 35.5. The average molecular weight is 311 g/mol. The van der Waals surface area contributed by atoms with Crippen molar-refractivity contribution >= 4 is 35.1 Å². The Labute approximate surface area is 119 Å². The van der Waals surface area contributed by atoms with Crippen molar-refractivity contribution in [2.45, 2.75) is 13.7 Å². The average Bonchev–Trinajstić information content (AvgIpc) is 2.63. The number of aromatic nitrogens is 2. The van der Waals surface area contributed by atoms with Gasteiger partial charge in [-0.3, -0.25) is 9.36 Å². The Hall–Kier alpha value is -1.31. The molecule has 0 fully saturated rings. The van der Waals surface area contributed by atoms with Crippen LogP contribution in [0.5, 0.6) is 0 Å². The number of methoxy groups -OCH3 is 1. The van der Waals surface area contributed by atoms with Crippen LogP contribution in [0, 0.1) is 0 Å². The minimum Gasteiger partial charge on any atom is -0.457 e. The minimum absolute atomic E-state index is 0.0124. The third kappa shape index (κ3) is 4.38. The van der Waals surface area contributed by atoms with Gasteiger partial charge in [-0.1, -0.05) is 23.2 Å². The van der Waals surface area contributed by atoms with E-state index >= 15 is 0 Å². The van der Waals surface area contributed by atoms with E-state index < -0.39 is 11.9 Å². The van der Waals surface area contributed by atoms with Crippen molar-refractivity contribution in [3.8, 4) is 0 Å². The fourth-order valence-electron chi connectivity index (χ4n) is 1.12. The van der Waals surface area contributed by atoms with E-state index in [9.17, 15) is 9.59 Å². The standard InChI is InChI=1S/C10H12Cl2N2O5/c1-6(15)19-5-14-8(12)7(11)13-9(14)10(16)18-4-3-17-2/h3-5H2,1-2H3. The molecule has 0 saturated heterocycles. The fraction of sp³-hybridized carbons (Fsp3) is 0.500. The molecule has 1 aromatic heterocycles.